The minimum Gasteiger partial charge on any atom is -0.166 e. The molecule has 0 heterocycles. The summed E-state index contributed by atoms with van der Waals surface area (Å²) in [5.41, 5.74) is 2.46. The third-order valence-electron chi connectivity index (χ3n) is 0.861. The summed E-state index contributed by atoms with van der Waals surface area (Å²) in [5.74, 6) is 0. The Balaban J connectivity index is 3.71. The van der Waals surface area contributed by atoms with Crippen molar-refractivity contribution in [1.29, 1.82) is 0 Å². The first kappa shape index (κ1) is 9.25. The third-order valence-corrected chi connectivity index (χ3v) is 2.02. The van der Waals surface area contributed by atoms with Crippen LogP contribution in [0.2, 0.25) is 6.55 Å². The lowest BCUT2D eigenvalue weighted by molar-refractivity contribution is 0.545. The first-order valence-electron chi connectivity index (χ1n) is 3.25. The van der Waals surface area contributed by atoms with Gasteiger partial charge in [-0.15, -0.1) is 0 Å². The Kier molecular flexibility index (Phi) is 3.52. The summed E-state index contributed by atoms with van der Waals surface area (Å²) in [4.78, 5) is 0. The molecule has 1 unspecified atom stereocenters. The third kappa shape index (κ3) is 8.25. The van der Waals surface area contributed by atoms with Crippen molar-refractivity contribution in [2.75, 3.05) is 0 Å². The Labute approximate surface area is 64.2 Å². The fraction of sp³-hybridized carbons (Fsp3) is 0.714. The van der Waals surface area contributed by atoms with E-state index in [1.807, 2.05) is 0 Å². The Hall–Kier alpha value is 0.247. The number of allylic oxidation sites excluding steroid dienone is 1. The van der Waals surface area contributed by atoms with E-state index in [4.69, 9.17) is 11.1 Å². The van der Waals surface area contributed by atoms with E-state index in [1.165, 1.54) is 0 Å². The van der Waals surface area contributed by atoms with Gasteiger partial charge in [-0.1, -0.05) is 39.1 Å². The summed E-state index contributed by atoms with van der Waals surface area (Å²) in [7, 11) is -0.979. The zero-order valence-electron chi connectivity index (χ0n) is 6.61. The highest BCUT2D eigenvalue weighted by Crippen LogP contribution is 2.14. The van der Waals surface area contributed by atoms with Gasteiger partial charge in [-0.05, 0) is 5.41 Å². The van der Waals surface area contributed by atoms with Crippen LogP contribution in [0.3, 0.4) is 0 Å². The van der Waals surface area contributed by atoms with E-state index < -0.39 is 8.11 Å². The Morgan fingerprint density at radius 1 is 1.33 bits per heavy atom. The molecular weight excluding hydrogens is 148 g/mol. The van der Waals surface area contributed by atoms with Crippen LogP contribution in [0.1, 0.15) is 20.8 Å². The smallest absolute Gasteiger partial charge is 0.161 e. The summed E-state index contributed by atoms with van der Waals surface area (Å²) < 4.78 is 0. The highest BCUT2D eigenvalue weighted by Gasteiger charge is 2.03. The van der Waals surface area contributed by atoms with E-state index >= 15 is 0 Å². The highest BCUT2D eigenvalue weighted by atomic mass is 35.6. The van der Waals surface area contributed by atoms with Crippen molar-refractivity contribution in [3.8, 4) is 0 Å². The van der Waals surface area contributed by atoms with Gasteiger partial charge in [0.1, 0.15) is 0 Å². The van der Waals surface area contributed by atoms with Gasteiger partial charge >= 0.3 is 0 Å². The molecule has 0 rings (SSSR count). The van der Waals surface area contributed by atoms with Crippen molar-refractivity contribution < 1.29 is 0 Å². The van der Waals surface area contributed by atoms with E-state index in [0.717, 1.165) is 0 Å². The summed E-state index contributed by atoms with van der Waals surface area (Å²) in [6.45, 7) is 8.63. The van der Waals surface area contributed by atoms with Crippen LogP contribution in [-0.2, 0) is 0 Å². The van der Waals surface area contributed by atoms with Crippen LogP contribution >= 0.6 is 11.1 Å². The van der Waals surface area contributed by atoms with Crippen molar-refractivity contribution in [1.82, 2.24) is 0 Å². The molecule has 2 heteroatoms. The van der Waals surface area contributed by atoms with Gasteiger partial charge in [-0.3, -0.25) is 0 Å². The van der Waals surface area contributed by atoms with Crippen LogP contribution in [0.5, 0.6) is 0 Å². The lowest BCUT2D eigenvalue weighted by Crippen LogP contribution is -2.01. The molecule has 0 aromatic heterocycles. The molecule has 0 saturated carbocycles. The molecule has 0 aromatic carbocycles. The van der Waals surface area contributed by atoms with Gasteiger partial charge in [0.05, 0.1) is 0 Å². The molecule has 0 nitrogen and oxygen atoms in total. The van der Waals surface area contributed by atoms with Crippen LogP contribution in [-0.4, -0.2) is 8.11 Å². The van der Waals surface area contributed by atoms with Crippen molar-refractivity contribution in [2.45, 2.75) is 27.3 Å². The maximum Gasteiger partial charge on any atom is 0.161 e. The predicted molar refractivity (Wildman–Crippen MR) is 47.5 cm³/mol. The first-order valence-corrected chi connectivity index (χ1v) is 6.82. The van der Waals surface area contributed by atoms with Gasteiger partial charge in [0.2, 0.25) is 0 Å². The van der Waals surface area contributed by atoms with Gasteiger partial charge in [-0.2, -0.15) is 11.1 Å². The highest BCUT2D eigenvalue weighted by molar-refractivity contribution is 7.09. The van der Waals surface area contributed by atoms with E-state index in [2.05, 4.69) is 39.1 Å². The average Bonchev–Trinajstić information content (AvgIpc) is 1.59. The van der Waals surface area contributed by atoms with Gasteiger partial charge in [0, 0.05) is 0 Å². The number of hydrogen-bond acceptors (Lipinski definition) is 0. The van der Waals surface area contributed by atoms with Crippen LogP contribution in [0.4, 0.5) is 0 Å². The largest absolute Gasteiger partial charge is 0.166 e. The first-order chi connectivity index (χ1) is 3.92. The van der Waals surface area contributed by atoms with E-state index in [0.29, 0.717) is 5.41 Å². The molecule has 0 N–H and O–H groups in total. The number of hydrogen-bond donors (Lipinski definition) is 0. The van der Waals surface area contributed by atoms with E-state index in [9.17, 15) is 0 Å². The maximum atomic E-state index is 5.84. The van der Waals surface area contributed by atoms with Crippen LogP contribution in [0, 0.1) is 5.41 Å². The van der Waals surface area contributed by atoms with E-state index in [1.54, 1.807) is 0 Å². The van der Waals surface area contributed by atoms with E-state index in [-0.39, 0.29) is 0 Å². The van der Waals surface area contributed by atoms with Crippen molar-refractivity contribution in [3.63, 3.8) is 0 Å². The second-order valence-electron chi connectivity index (χ2n) is 3.40. The fourth-order valence-electron chi connectivity index (χ4n) is 0.421. The van der Waals surface area contributed by atoms with Crippen LogP contribution < -0.4 is 0 Å². The van der Waals surface area contributed by atoms with Crippen molar-refractivity contribution >= 4 is 19.2 Å². The molecule has 0 aliphatic heterocycles. The monoisotopic (exact) mass is 162 g/mol. The minimum absolute atomic E-state index is 0.302. The zero-order valence-corrected chi connectivity index (χ0v) is 8.52. The summed E-state index contributed by atoms with van der Waals surface area (Å²) >= 11 is 5.84. The average molecular weight is 163 g/mol. The maximum absolute atomic E-state index is 5.84. The molecule has 9 heavy (non-hydrogen) atoms. The molecule has 0 spiro atoms. The molecule has 0 fully saturated rings. The predicted octanol–water partition coefficient (Wildman–Crippen LogP) is 2.72. The lowest BCUT2D eigenvalue weighted by Gasteiger charge is -2.10. The molecular formula is C7H15ClSi. The molecule has 0 aliphatic rings. The number of rotatable bonds is 1. The normalized spacial score (nSPS) is 16.6. The zero-order chi connectivity index (χ0) is 7.49. The molecule has 0 amide bonds. The fourth-order valence-corrected chi connectivity index (χ4v) is 1.48. The second-order valence-corrected chi connectivity index (χ2v) is 7.21. The molecule has 0 radical (unpaired) electrons. The van der Waals surface area contributed by atoms with Gasteiger partial charge in [0.25, 0.3) is 0 Å². The summed E-state index contributed by atoms with van der Waals surface area (Å²) in [6, 6.07) is 0. The molecule has 1 atom stereocenters. The summed E-state index contributed by atoms with van der Waals surface area (Å²) in [5, 5.41) is 0. The quantitative estimate of drug-likeness (QED) is 0.411. The van der Waals surface area contributed by atoms with Gasteiger partial charge in [-0.25, -0.2) is 0 Å². The lowest BCUT2D eigenvalue weighted by atomic mass is 9.98. The molecule has 54 valence electrons. The van der Waals surface area contributed by atoms with Gasteiger partial charge < -0.3 is 0 Å². The summed E-state index contributed by atoms with van der Waals surface area (Å²) in [6.07, 6.45) is 2.19. The molecule has 0 aromatic rings. The molecule has 0 saturated heterocycles. The van der Waals surface area contributed by atoms with Crippen LogP contribution in [0.25, 0.3) is 0 Å². The second kappa shape index (κ2) is 3.42. The van der Waals surface area contributed by atoms with Gasteiger partial charge in [0.15, 0.2) is 8.11 Å². The topological polar surface area (TPSA) is 0 Å². The Morgan fingerprint density at radius 2 is 1.78 bits per heavy atom. The van der Waals surface area contributed by atoms with Crippen molar-refractivity contribution in [3.05, 3.63) is 11.8 Å². The minimum atomic E-state index is -0.979. The molecule has 0 aliphatic carbocycles. The Morgan fingerprint density at radius 3 is 1.89 bits per heavy atom. The standard InChI is InChI=1S/C7H15ClSi/c1-7(2,3)5-6-9(4)8/h5-6,9H,1-4H3. The molecule has 0 bridgehead atoms. The van der Waals surface area contributed by atoms with Crippen LogP contribution in [0.15, 0.2) is 11.8 Å². The Bertz CT molecular complexity index is 100.0. The van der Waals surface area contributed by atoms with Crippen molar-refractivity contribution in [2.24, 2.45) is 5.41 Å². The SMILES string of the molecule is C[SiH](Cl)C=CC(C)(C)C. The number of halogens is 1.